The molecule has 174 valence electrons. The van der Waals surface area contributed by atoms with Gasteiger partial charge in [-0.05, 0) is 55.5 Å². The average Bonchev–Trinajstić information content (AvgIpc) is 3.22. The van der Waals surface area contributed by atoms with Crippen LogP contribution in [0.5, 0.6) is 0 Å². The first kappa shape index (κ1) is 21.9. The van der Waals surface area contributed by atoms with Gasteiger partial charge in [0.05, 0.1) is 6.04 Å². The standard InChI is InChI=1S/C26H28N6O2/c1-15-7-5-6-8-22(15)31-12-10-19-18(9-11-28-24(19)31)17(3)32-23(14-21(30-32)25(33)27-4)26(34)29-20-13-16(20)2/h5-12,14,16-17,20H,13H2,1-4H3,(H,27,33)(H,29,34)/t16-,17?,20-/m0/s1. The van der Waals surface area contributed by atoms with Crippen LogP contribution < -0.4 is 10.6 Å². The van der Waals surface area contributed by atoms with Crippen LogP contribution in [-0.4, -0.2) is 44.2 Å². The van der Waals surface area contributed by atoms with Gasteiger partial charge in [0, 0.05) is 42.6 Å². The maximum absolute atomic E-state index is 13.1. The number of para-hydroxylation sites is 1. The quantitative estimate of drug-likeness (QED) is 0.463. The lowest BCUT2D eigenvalue weighted by Gasteiger charge is -2.17. The first-order valence-electron chi connectivity index (χ1n) is 11.5. The third kappa shape index (κ3) is 3.75. The molecule has 3 atom stereocenters. The second kappa shape index (κ2) is 8.44. The van der Waals surface area contributed by atoms with E-state index in [9.17, 15) is 9.59 Å². The minimum Gasteiger partial charge on any atom is -0.354 e. The van der Waals surface area contributed by atoms with Crippen LogP contribution in [0.25, 0.3) is 16.7 Å². The number of pyridine rings is 1. The van der Waals surface area contributed by atoms with E-state index in [1.807, 2.05) is 37.4 Å². The van der Waals surface area contributed by atoms with Gasteiger partial charge in [-0.1, -0.05) is 25.1 Å². The highest BCUT2D eigenvalue weighted by molar-refractivity contribution is 5.98. The molecule has 1 unspecified atom stereocenters. The van der Waals surface area contributed by atoms with Gasteiger partial charge in [-0.3, -0.25) is 14.3 Å². The largest absolute Gasteiger partial charge is 0.354 e. The third-order valence-electron chi connectivity index (χ3n) is 6.67. The van der Waals surface area contributed by atoms with Crippen molar-refractivity contribution in [1.29, 1.82) is 0 Å². The highest BCUT2D eigenvalue weighted by atomic mass is 16.2. The smallest absolute Gasteiger partial charge is 0.271 e. The highest BCUT2D eigenvalue weighted by Gasteiger charge is 2.35. The molecule has 5 rings (SSSR count). The van der Waals surface area contributed by atoms with Gasteiger partial charge < -0.3 is 15.2 Å². The van der Waals surface area contributed by atoms with Crippen molar-refractivity contribution in [3.05, 3.63) is 77.4 Å². The number of carbonyl (C=O) groups excluding carboxylic acids is 2. The van der Waals surface area contributed by atoms with Gasteiger partial charge in [0.25, 0.3) is 11.8 Å². The predicted molar refractivity (Wildman–Crippen MR) is 130 cm³/mol. The molecule has 34 heavy (non-hydrogen) atoms. The fourth-order valence-electron chi connectivity index (χ4n) is 4.45. The molecule has 2 amide bonds. The molecule has 0 aliphatic heterocycles. The van der Waals surface area contributed by atoms with Crippen molar-refractivity contribution in [3.63, 3.8) is 0 Å². The fourth-order valence-corrected chi connectivity index (χ4v) is 4.45. The number of hydrogen-bond acceptors (Lipinski definition) is 4. The van der Waals surface area contributed by atoms with Crippen molar-refractivity contribution in [1.82, 2.24) is 30.0 Å². The Kier molecular flexibility index (Phi) is 5.43. The number of nitrogens with one attached hydrogen (secondary N) is 2. The summed E-state index contributed by atoms with van der Waals surface area (Å²) >= 11 is 0. The zero-order chi connectivity index (χ0) is 24.0. The van der Waals surface area contributed by atoms with E-state index in [2.05, 4.69) is 51.3 Å². The first-order chi connectivity index (χ1) is 16.4. The molecule has 0 radical (unpaired) electrons. The Morgan fingerprint density at radius 2 is 1.91 bits per heavy atom. The van der Waals surface area contributed by atoms with Gasteiger partial charge in [-0.25, -0.2) is 4.98 Å². The van der Waals surface area contributed by atoms with Crippen LogP contribution in [0.2, 0.25) is 0 Å². The van der Waals surface area contributed by atoms with E-state index < -0.39 is 0 Å². The highest BCUT2D eigenvalue weighted by Crippen LogP contribution is 2.31. The number of nitrogens with zero attached hydrogens (tertiary/aromatic N) is 4. The molecule has 4 aromatic rings. The Balaban J connectivity index is 1.58. The monoisotopic (exact) mass is 456 g/mol. The topological polar surface area (TPSA) is 93.8 Å². The Morgan fingerprint density at radius 3 is 2.62 bits per heavy atom. The van der Waals surface area contributed by atoms with Crippen LogP contribution in [0, 0.1) is 12.8 Å². The SMILES string of the molecule is CNC(=O)c1cc(C(=O)N[C@H]2C[C@@H]2C)n(C(C)c2ccnc3c2ccn3-c2ccccc2C)n1. The van der Waals surface area contributed by atoms with Crippen molar-refractivity contribution in [3.8, 4) is 5.69 Å². The molecule has 0 saturated heterocycles. The molecular formula is C26H28N6O2. The van der Waals surface area contributed by atoms with Gasteiger partial charge in [0.1, 0.15) is 11.3 Å². The van der Waals surface area contributed by atoms with Gasteiger partial charge in [0.2, 0.25) is 0 Å². The molecule has 3 aromatic heterocycles. The number of carbonyl (C=O) groups is 2. The lowest BCUT2D eigenvalue weighted by atomic mass is 10.1. The summed E-state index contributed by atoms with van der Waals surface area (Å²) in [7, 11) is 1.55. The summed E-state index contributed by atoms with van der Waals surface area (Å²) in [6, 6.07) is 13.6. The minimum absolute atomic E-state index is 0.172. The van der Waals surface area contributed by atoms with Gasteiger partial charge >= 0.3 is 0 Å². The van der Waals surface area contributed by atoms with Crippen molar-refractivity contribution >= 4 is 22.8 Å². The van der Waals surface area contributed by atoms with Crippen LogP contribution in [0.3, 0.4) is 0 Å². The van der Waals surface area contributed by atoms with Crippen LogP contribution in [0.1, 0.15) is 58.4 Å². The summed E-state index contributed by atoms with van der Waals surface area (Å²) in [5.41, 5.74) is 4.60. The summed E-state index contributed by atoms with van der Waals surface area (Å²) in [6.07, 6.45) is 4.75. The Labute approximate surface area is 198 Å². The number of fused-ring (bicyclic) bond motifs is 1. The third-order valence-corrected chi connectivity index (χ3v) is 6.67. The maximum atomic E-state index is 13.1. The molecule has 3 heterocycles. The maximum Gasteiger partial charge on any atom is 0.271 e. The van der Waals surface area contributed by atoms with Crippen LogP contribution in [0.15, 0.2) is 54.9 Å². The molecule has 8 nitrogen and oxygen atoms in total. The number of aryl methyl sites for hydroxylation is 1. The van der Waals surface area contributed by atoms with Crippen LogP contribution in [0.4, 0.5) is 0 Å². The average molecular weight is 457 g/mol. The second-order valence-corrected chi connectivity index (χ2v) is 9.02. The minimum atomic E-state index is -0.328. The van der Waals surface area contributed by atoms with Crippen molar-refractivity contribution < 1.29 is 9.59 Å². The number of benzene rings is 1. The number of hydrogen-bond donors (Lipinski definition) is 2. The summed E-state index contributed by atoms with van der Waals surface area (Å²) in [5, 5.41) is 11.2. The molecular weight excluding hydrogens is 428 g/mol. The number of aromatic nitrogens is 4. The summed E-state index contributed by atoms with van der Waals surface area (Å²) in [5.74, 6) is -0.0748. The van der Waals surface area contributed by atoms with Gasteiger partial charge in [0.15, 0.2) is 5.69 Å². The van der Waals surface area contributed by atoms with E-state index in [1.165, 1.54) is 0 Å². The Morgan fingerprint density at radius 1 is 1.15 bits per heavy atom. The molecule has 0 bridgehead atoms. The van der Waals surface area contributed by atoms with Gasteiger partial charge in [-0.15, -0.1) is 0 Å². The van der Waals surface area contributed by atoms with E-state index in [4.69, 9.17) is 0 Å². The number of rotatable bonds is 6. The summed E-state index contributed by atoms with van der Waals surface area (Å²) < 4.78 is 3.72. The molecule has 1 aromatic carbocycles. The van der Waals surface area contributed by atoms with E-state index in [0.717, 1.165) is 34.3 Å². The zero-order valence-electron chi connectivity index (χ0n) is 19.7. The van der Waals surface area contributed by atoms with Crippen molar-refractivity contribution in [2.45, 2.75) is 39.3 Å². The van der Waals surface area contributed by atoms with Gasteiger partial charge in [-0.2, -0.15) is 5.10 Å². The van der Waals surface area contributed by atoms with Crippen molar-refractivity contribution in [2.24, 2.45) is 5.92 Å². The van der Waals surface area contributed by atoms with Crippen LogP contribution in [-0.2, 0) is 0 Å². The summed E-state index contributed by atoms with van der Waals surface area (Å²) in [6.45, 7) is 6.16. The molecule has 8 heteroatoms. The molecule has 1 fully saturated rings. The number of amides is 2. The molecule has 0 spiro atoms. The Bertz CT molecular complexity index is 1400. The Hall–Kier alpha value is -3.94. The fraction of sp³-hybridized carbons (Fsp3) is 0.308. The predicted octanol–water partition coefficient (Wildman–Crippen LogP) is 3.64. The molecule has 2 N–H and O–H groups in total. The van der Waals surface area contributed by atoms with Crippen LogP contribution >= 0.6 is 0 Å². The lowest BCUT2D eigenvalue weighted by Crippen LogP contribution is -2.29. The second-order valence-electron chi connectivity index (χ2n) is 9.02. The molecule has 1 aliphatic carbocycles. The molecule has 1 saturated carbocycles. The van der Waals surface area contributed by atoms with E-state index in [0.29, 0.717) is 11.6 Å². The normalized spacial score (nSPS) is 18.0. The van der Waals surface area contributed by atoms with Crippen molar-refractivity contribution in [2.75, 3.05) is 7.05 Å². The molecule has 1 aliphatic rings. The van der Waals surface area contributed by atoms with E-state index in [1.54, 1.807) is 24.0 Å². The van der Waals surface area contributed by atoms with E-state index in [-0.39, 0.29) is 29.6 Å². The summed E-state index contributed by atoms with van der Waals surface area (Å²) in [4.78, 5) is 30.1. The lowest BCUT2D eigenvalue weighted by molar-refractivity contribution is 0.0934. The zero-order valence-corrected chi connectivity index (χ0v) is 19.7. The van der Waals surface area contributed by atoms with E-state index >= 15 is 0 Å². The first-order valence-corrected chi connectivity index (χ1v) is 11.5.